The summed E-state index contributed by atoms with van der Waals surface area (Å²) < 4.78 is 0. The Morgan fingerprint density at radius 3 is 2.94 bits per heavy atom. The van der Waals surface area contributed by atoms with E-state index in [1.54, 1.807) is 37.5 Å². The van der Waals surface area contributed by atoms with Crippen molar-refractivity contribution in [3.8, 4) is 0 Å². The first kappa shape index (κ1) is 12.2. The molecule has 2 N–H and O–H groups in total. The maximum absolute atomic E-state index is 11.8. The second-order valence-corrected chi connectivity index (χ2v) is 4.17. The van der Waals surface area contributed by atoms with Crippen molar-refractivity contribution in [2.75, 3.05) is 19.4 Å². The Morgan fingerprint density at radius 1 is 1.44 bits per heavy atom. The molecule has 0 aliphatic rings. The summed E-state index contributed by atoms with van der Waals surface area (Å²) in [4.78, 5) is 20.5. The van der Waals surface area contributed by atoms with Crippen molar-refractivity contribution in [1.82, 2.24) is 14.9 Å². The summed E-state index contributed by atoms with van der Waals surface area (Å²) in [6, 6.07) is 7.43. The third-order valence-electron chi connectivity index (χ3n) is 2.53. The average Bonchev–Trinajstić information content (AvgIpc) is 2.89. The van der Waals surface area contributed by atoms with Crippen LogP contribution in [-0.2, 0) is 6.54 Å². The molecule has 0 aliphatic carbocycles. The molecule has 2 aromatic rings. The van der Waals surface area contributed by atoms with Gasteiger partial charge in [0.15, 0.2) is 0 Å². The summed E-state index contributed by atoms with van der Waals surface area (Å²) in [5, 5.41) is 3.22. The van der Waals surface area contributed by atoms with Crippen molar-refractivity contribution >= 4 is 11.6 Å². The van der Waals surface area contributed by atoms with Crippen LogP contribution in [0.5, 0.6) is 0 Å². The number of hydrogen-bond acceptors (Lipinski definition) is 3. The number of aromatic amines is 1. The fraction of sp³-hybridized carbons (Fsp3) is 0.231. The van der Waals surface area contributed by atoms with Crippen LogP contribution in [-0.4, -0.2) is 34.9 Å². The monoisotopic (exact) mass is 244 g/mol. The van der Waals surface area contributed by atoms with Crippen LogP contribution in [0.25, 0.3) is 0 Å². The molecule has 5 heteroatoms. The minimum Gasteiger partial charge on any atom is -0.378 e. The van der Waals surface area contributed by atoms with Gasteiger partial charge < -0.3 is 15.2 Å². The summed E-state index contributed by atoms with van der Waals surface area (Å²) >= 11 is 0. The van der Waals surface area contributed by atoms with Gasteiger partial charge in [0.05, 0.1) is 6.54 Å². The van der Waals surface area contributed by atoms with E-state index in [0.717, 1.165) is 11.5 Å². The Kier molecular flexibility index (Phi) is 3.62. The van der Waals surface area contributed by atoms with Crippen LogP contribution in [0.3, 0.4) is 0 Å². The Bertz CT molecular complexity index is 520. The summed E-state index contributed by atoms with van der Waals surface area (Å²) in [5.41, 5.74) is 1.57. The second-order valence-electron chi connectivity index (χ2n) is 4.17. The summed E-state index contributed by atoms with van der Waals surface area (Å²) in [6.07, 6.45) is 3.49. The van der Waals surface area contributed by atoms with Crippen LogP contribution in [0.2, 0.25) is 0 Å². The zero-order chi connectivity index (χ0) is 13.0. The maximum Gasteiger partial charge on any atom is 0.253 e. The van der Waals surface area contributed by atoms with Crippen LogP contribution in [0.4, 0.5) is 5.69 Å². The number of rotatable bonds is 4. The van der Waals surface area contributed by atoms with Gasteiger partial charge in [-0.3, -0.25) is 4.79 Å². The highest BCUT2D eigenvalue weighted by molar-refractivity contribution is 5.94. The molecule has 18 heavy (non-hydrogen) atoms. The molecule has 0 saturated heterocycles. The lowest BCUT2D eigenvalue weighted by molar-refractivity contribution is 0.0827. The van der Waals surface area contributed by atoms with E-state index >= 15 is 0 Å². The Hall–Kier alpha value is -2.30. The minimum atomic E-state index is -0.00310. The van der Waals surface area contributed by atoms with Gasteiger partial charge in [0.2, 0.25) is 0 Å². The number of nitrogens with zero attached hydrogens (tertiary/aromatic N) is 2. The number of nitrogens with one attached hydrogen (secondary N) is 2. The van der Waals surface area contributed by atoms with E-state index in [-0.39, 0.29) is 5.91 Å². The highest BCUT2D eigenvalue weighted by atomic mass is 16.2. The smallest absolute Gasteiger partial charge is 0.253 e. The molecule has 0 bridgehead atoms. The van der Waals surface area contributed by atoms with Gasteiger partial charge >= 0.3 is 0 Å². The summed E-state index contributed by atoms with van der Waals surface area (Å²) in [6.45, 7) is 0.604. The molecular formula is C13H16N4O. The van der Waals surface area contributed by atoms with Gasteiger partial charge in [-0.05, 0) is 18.2 Å². The van der Waals surface area contributed by atoms with Gasteiger partial charge in [-0.25, -0.2) is 4.98 Å². The first-order valence-electron chi connectivity index (χ1n) is 5.70. The number of amides is 1. The van der Waals surface area contributed by atoms with E-state index in [9.17, 15) is 4.79 Å². The van der Waals surface area contributed by atoms with E-state index in [1.165, 1.54) is 0 Å². The molecule has 0 saturated carbocycles. The number of aromatic nitrogens is 2. The maximum atomic E-state index is 11.8. The van der Waals surface area contributed by atoms with Crippen LogP contribution in [0.15, 0.2) is 36.7 Å². The Balaban J connectivity index is 2.05. The quantitative estimate of drug-likeness (QED) is 0.861. The lowest BCUT2D eigenvalue weighted by atomic mass is 10.2. The van der Waals surface area contributed by atoms with Gasteiger partial charge in [-0.2, -0.15) is 0 Å². The van der Waals surface area contributed by atoms with Crippen LogP contribution < -0.4 is 5.32 Å². The molecule has 0 radical (unpaired) electrons. The average molecular weight is 244 g/mol. The van der Waals surface area contributed by atoms with Gasteiger partial charge in [0.25, 0.3) is 5.91 Å². The Morgan fingerprint density at radius 2 is 2.28 bits per heavy atom. The normalized spacial score (nSPS) is 10.1. The molecule has 0 aliphatic heterocycles. The number of benzene rings is 1. The minimum absolute atomic E-state index is 0.00310. The number of anilines is 1. The highest BCUT2D eigenvalue weighted by Crippen LogP contribution is 2.12. The van der Waals surface area contributed by atoms with Crippen molar-refractivity contribution in [1.29, 1.82) is 0 Å². The van der Waals surface area contributed by atoms with Crippen molar-refractivity contribution in [2.45, 2.75) is 6.54 Å². The van der Waals surface area contributed by atoms with Crippen LogP contribution in [0, 0.1) is 0 Å². The summed E-state index contributed by atoms with van der Waals surface area (Å²) in [5.74, 6) is 0.857. The molecule has 0 spiro atoms. The Labute approximate surface area is 106 Å². The van der Waals surface area contributed by atoms with Gasteiger partial charge in [-0.1, -0.05) is 6.07 Å². The van der Waals surface area contributed by atoms with Crippen molar-refractivity contribution in [3.63, 3.8) is 0 Å². The molecule has 94 valence electrons. The predicted molar refractivity (Wildman–Crippen MR) is 70.4 cm³/mol. The second kappa shape index (κ2) is 5.35. The molecule has 0 fully saturated rings. The third-order valence-corrected chi connectivity index (χ3v) is 2.53. The first-order valence-corrected chi connectivity index (χ1v) is 5.70. The zero-order valence-corrected chi connectivity index (χ0v) is 10.5. The standard InChI is InChI=1S/C13H16N4O/c1-17(2)13(18)10-4-3-5-11(8-10)16-9-12-14-6-7-15-12/h3-8,16H,9H2,1-2H3,(H,14,15). The number of carbonyl (C=O) groups is 1. The largest absolute Gasteiger partial charge is 0.378 e. The molecule has 1 heterocycles. The van der Waals surface area contributed by atoms with Gasteiger partial charge in [0.1, 0.15) is 5.82 Å². The fourth-order valence-corrected chi connectivity index (χ4v) is 1.60. The molecular weight excluding hydrogens is 228 g/mol. The van der Waals surface area contributed by atoms with E-state index in [4.69, 9.17) is 0 Å². The molecule has 1 aromatic heterocycles. The number of carbonyl (C=O) groups excluding carboxylic acids is 1. The zero-order valence-electron chi connectivity index (χ0n) is 10.5. The highest BCUT2D eigenvalue weighted by Gasteiger charge is 2.07. The van der Waals surface area contributed by atoms with Crippen molar-refractivity contribution < 1.29 is 4.79 Å². The topological polar surface area (TPSA) is 61.0 Å². The fourth-order valence-electron chi connectivity index (χ4n) is 1.60. The number of H-pyrrole nitrogens is 1. The molecule has 0 atom stereocenters. The van der Waals surface area contributed by atoms with Crippen LogP contribution >= 0.6 is 0 Å². The third kappa shape index (κ3) is 2.88. The van der Waals surface area contributed by atoms with E-state index < -0.39 is 0 Å². The summed E-state index contributed by atoms with van der Waals surface area (Å²) in [7, 11) is 3.48. The van der Waals surface area contributed by atoms with E-state index in [1.807, 2.05) is 18.2 Å². The number of hydrogen-bond donors (Lipinski definition) is 2. The number of imidazole rings is 1. The van der Waals surface area contributed by atoms with Crippen molar-refractivity contribution in [3.05, 3.63) is 48.0 Å². The molecule has 0 unspecified atom stereocenters. The molecule has 2 rings (SSSR count). The van der Waals surface area contributed by atoms with Gasteiger partial charge in [0, 0.05) is 37.7 Å². The van der Waals surface area contributed by atoms with Gasteiger partial charge in [-0.15, -0.1) is 0 Å². The van der Waals surface area contributed by atoms with Crippen LogP contribution in [0.1, 0.15) is 16.2 Å². The lowest BCUT2D eigenvalue weighted by Gasteiger charge is -2.11. The SMILES string of the molecule is CN(C)C(=O)c1cccc(NCc2ncc[nH]2)c1. The molecule has 1 amide bonds. The van der Waals surface area contributed by atoms with E-state index in [0.29, 0.717) is 12.1 Å². The van der Waals surface area contributed by atoms with E-state index in [2.05, 4.69) is 15.3 Å². The molecule has 5 nitrogen and oxygen atoms in total. The molecule has 1 aromatic carbocycles. The van der Waals surface area contributed by atoms with Crippen molar-refractivity contribution in [2.24, 2.45) is 0 Å². The lowest BCUT2D eigenvalue weighted by Crippen LogP contribution is -2.21. The predicted octanol–water partition coefficient (Wildman–Crippen LogP) is 1.72. The first-order chi connectivity index (χ1) is 8.66.